The van der Waals surface area contributed by atoms with E-state index in [1.54, 1.807) is 17.5 Å². The molecule has 1 aliphatic heterocycles. The second kappa shape index (κ2) is 9.04. The predicted molar refractivity (Wildman–Crippen MR) is 108 cm³/mol. The lowest BCUT2D eigenvalue weighted by Gasteiger charge is -2.35. The highest BCUT2D eigenvalue weighted by Gasteiger charge is 2.33. The smallest absolute Gasteiger partial charge is 0.370 e. The Morgan fingerprint density at radius 1 is 1.22 bits per heavy atom. The number of aromatic nitrogens is 1. The second-order valence-electron chi connectivity index (χ2n) is 5.76. The van der Waals surface area contributed by atoms with Gasteiger partial charge in [0.05, 0.1) is 12.1 Å². The molecule has 0 bridgehead atoms. The maximum Gasteiger partial charge on any atom is 0.416 e. The first-order valence-corrected chi connectivity index (χ1v) is 8.77. The molecule has 1 fully saturated rings. The molecule has 0 amide bonds. The molecule has 27 heavy (non-hydrogen) atoms. The summed E-state index contributed by atoms with van der Waals surface area (Å²) in [5.74, 6) is -0.752. The van der Waals surface area contributed by atoms with E-state index in [1.807, 2.05) is 10.3 Å². The molecule has 148 valence electrons. The first-order valence-electron chi connectivity index (χ1n) is 7.89. The highest BCUT2D eigenvalue weighted by molar-refractivity contribution is 14.0. The third-order valence-electron chi connectivity index (χ3n) is 4.08. The van der Waals surface area contributed by atoms with E-state index in [9.17, 15) is 17.6 Å². The van der Waals surface area contributed by atoms with E-state index < -0.39 is 17.6 Å². The summed E-state index contributed by atoms with van der Waals surface area (Å²) in [6.45, 7) is 2.35. The van der Waals surface area contributed by atoms with Crippen LogP contribution < -0.4 is 10.6 Å². The van der Waals surface area contributed by atoms with E-state index in [0.29, 0.717) is 32.2 Å². The number of aliphatic imine (C=N–C) groups is 1. The lowest BCUT2D eigenvalue weighted by Crippen LogP contribution is -2.51. The van der Waals surface area contributed by atoms with Crippen molar-refractivity contribution in [2.24, 2.45) is 10.7 Å². The van der Waals surface area contributed by atoms with E-state index in [2.05, 4.69) is 14.9 Å². The zero-order valence-electron chi connectivity index (χ0n) is 14.1. The summed E-state index contributed by atoms with van der Waals surface area (Å²) < 4.78 is 52.2. The molecule has 2 heterocycles. The molecule has 0 atom stereocenters. The molecule has 11 heteroatoms. The molecule has 1 aromatic heterocycles. The fraction of sp³-hybridized carbons (Fsp3) is 0.375. The standard InChI is InChI=1S/C16H17F4N5S.HI/c17-12-2-1-11(13(9-12)16(18,19)20)10-23-14(21)24-4-6-25(7-5-24)15-22-3-8-26-15;/h1-3,8-9H,4-7,10H2,(H2,21,23);1H. The van der Waals surface area contributed by atoms with Crippen molar-refractivity contribution in [3.8, 4) is 0 Å². The molecule has 0 spiro atoms. The Kier molecular flexibility index (Phi) is 7.25. The van der Waals surface area contributed by atoms with Crippen LogP contribution in [0.2, 0.25) is 0 Å². The van der Waals surface area contributed by atoms with E-state index in [4.69, 9.17) is 5.73 Å². The van der Waals surface area contributed by atoms with Crippen LogP contribution in [0.4, 0.5) is 22.7 Å². The quantitative estimate of drug-likeness (QED) is 0.294. The van der Waals surface area contributed by atoms with Gasteiger partial charge in [0.25, 0.3) is 0 Å². The number of nitrogens with two attached hydrogens (primary N) is 1. The van der Waals surface area contributed by atoms with Crippen LogP contribution in [0.25, 0.3) is 0 Å². The number of anilines is 1. The number of hydrogen-bond acceptors (Lipinski definition) is 4. The first kappa shape index (κ1) is 21.7. The fourth-order valence-corrected chi connectivity index (χ4v) is 3.41. The Bertz CT molecular complexity index is 774. The molecule has 0 aliphatic carbocycles. The van der Waals surface area contributed by atoms with E-state index in [1.165, 1.54) is 0 Å². The topological polar surface area (TPSA) is 57.8 Å². The van der Waals surface area contributed by atoms with Gasteiger partial charge in [-0.1, -0.05) is 6.07 Å². The van der Waals surface area contributed by atoms with Gasteiger partial charge in [-0.3, -0.25) is 0 Å². The molecule has 0 radical (unpaired) electrons. The normalized spacial score (nSPS) is 15.6. The lowest BCUT2D eigenvalue weighted by atomic mass is 10.1. The number of alkyl halides is 3. The van der Waals surface area contributed by atoms with E-state index >= 15 is 0 Å². The van der Waals surface area contributed by atoms with Crippen LogP contribution in [0.5, 0.6) is 0 Å². The molecule has 1 saturated heterocycles. The van der Waals surface area contributed by atoms with Gasteiger partial charge in [-0.25, -0.2) is 14.4 Å². The minimum absolute atomic E-state index is 0. The van der Waals surface area contributed by atoms with Gasteiger partial charge in [0.2, 0.25) is 0 Å². The van der Waals surface area contributed by atoms with Crippen molar-refractivity contribution >= 4 is 46.4 Å². The van der Waals surface area contributed by atoms with Gasteiger partial charge in [0.1, 0.15) is 5.82 Å². The summed E-state index contributed by atoms with van der Waals surface area (Å²) in [5, 5.41) is 2.83. The molecule has 0 unspecified atom stereocenters. The Morgan fingerprint density at radius 2 is 1.93 bits per heavy atom. The number of guanidine groups is 1. The van der Waals surface area contributed by atoms with Crippen LogP contribution in [0.1, 0.15) is 11.1 Å². The third-order valence-corrected chi connectivity index (χ3v) is 4.91. The van der Waals surface area contributed by atoms with Gasteiger partial charge in [0, 0.05) is 37.8 Å². The zero-order chi connectivity index (χ0) is 18.7. The fourth-order valence-electron chi connectivity index (χ4n) is 2.72. The summed E-state index contributed by atoms with van der Waals surface area (Å²) in [6, 6.07) is 2.56. The number of piperazine rings is 1. The van der Waals surface area contributed by atoms with Gasteiger partial charge >= 0.3 is 6.18 Å². The average Bonchev–Trinajstić information content (AvgIpc) is 3.14. The summed E-state index contributed by atoms with van der Waals surface area (Å²) in [4.78, 5) is 12.3. The van der Waals surface area contributed by atoms with Gasteiger partial charge in [-0.15, -0.1) is 35.3 Å². The Hall–Kier alpha value is -1.63. The largest absolute Gasteiger partial charge is 0.416 e. The highest BCUT2D eigenvalue weighted by Crippen LogP contribution is 2.32. The molecular weight excluding hydrogens is 497 g/mol. The maximum atomic E-state index is 13.1. The molecule has 3 rings (SSSR count). The Balaban J connectivity index is 0.00000261. The Labute approximate surface area is 174 Å². The number of thiazole rings is 1. The third kappa shape index (κ3) is 5.43. The number of halogens is 5. The van der Waals surface area contributed by atoms with E-state index in [-0.39, 0.29) is 42.0 Å². The maximum absolute atomic E-state index is 13.1. The number of nitrogens with zero attached hydrogens (tertiary/aromatic N) is 4. The highest BCUT2D eigenvalue weighted by atomic mass is 127. The molecule has 2 aromatic rings. The summed E-state index contributed by atoms with van der Waals surface area (Å²) in [7, 11) is 0. The van der Waals surface area contributed by atoms with Crippen LogP contribution in [0, 0.1) is 5.82 Å². The molecule has 1 aliphatic rings. The first-order chi connectivity index (χ1) is 12.3. The van der Waals surface area contributed by atoms with Crippen molar-refractivity contribution in [1.29, 1.82) is 0 Å². The number of rotatable bonds is 3. The van der Waals surface area contributed by atoms with Gasteiger partial charge in [-0.05, 0) is 17.7 Å². The average molecular weight is 515 g/mol. The van der Waals surface area contributed by atoms with Crippen molar-refractivity contribution in [2.45, 2.75) is 12.7 Å². The van der Waals surface area contributed by atoms with Crippen molar-refractivity contribution in [3.05, 3.63) is 46.7 Å². The van der Waals surface area contributed by atoms with Crippen LogP contribution in [0.3, 0.4) is 0 Å². The lowest BCUT2D eigenvalue weighted by molar-refractivity contribution is -0.138. The molecule has 2 N–H and O–H groups in total. The predicted octanol–water partition coefficient (Wildman–Crippen LogP) is 3.56. The second-order valence-corrected chi connectivity index (χ2v) is 6.64. The number of hydrogen-bond donors (Lipinski definition) is 1. The minimum atomic E-state index is -4.64. The molecule has 0 saturated carbocycles. The van der Waals surface area contributed by atoms with Crippen LogP contribution in [-0.4, -0.2) is 42.0 Å². The van der Waals surface area contributed by atoms with Crippen LogP contribution in [-0.2, 0) is 12.7 Å². The summed E-state index contributed by atoms with van der Waals surface area (Å²) in [5.41, 5.74) is 4.81. The molecule has 1 aromatic carbocycles. The SMILES string of the molecule is I.NC(=NCc1ccc(F)cc1C(F)(F)F)N1CCN(c2nccs2)CC1. The summed E-state index contributed by atoms with van der Waals surface area (Å²) >= 11 is 1.55. The van der Waals surface area contributed by atoms with Crippen molar-refractivity contribution in [2.75, 3.05) is 31.1 Å². The van der Waals surface area contributed by atoms with Crippen LogP contribution >= 0.6 is 35.3 Å². The van der Waals surface area contributed by atoms with Crippen LogP contribution in [0.15, 0.2) is 34.8 Å². The molecular formula is C16H18F4IN5S. The van der Waals surface area contributed by atoms with Crippen molar-refractivity contribution < 1.29 is 17.6 Å². The summed E-state index contributed by atoms with van der Waals surface area (Å²) in [6.07, 6.45) is -2.90. The van der Waals surface area contributed by atoms with Crippen molar-refractivity contribution in [3.63, 3.8) is 0 Å². The van der Waals surface area contributed by atoms with Gasteiger partial charge in [-0.2, -0.15) is 13.2 Å². The van der Waals surface area contributed by atoms with Gasteiger partial charge in [0.15, 0.2) is 11.1 Å². The van der Waals surface area contributed by atoms with E-state index in [0.717, 1.165) is 17.3 Å². The van der Waals surface area contributed by atoms with Crippen molar-refractivity contribution in [1.82, 2.24) is 9.88 Å². The Morgan fingerprint density at radius 3 is 2.52 bits per heavy atom. The monoisotopic (exact) mass is 515 g/mol. The minimum Gasteiger partial charge on any atom is -0.370 e. The zero-order valence-corrected chi connectivity index (χ0v) is 17.3. The van der Waals surface area contributed by atoms with Gasteiger partial charge < -0.3 is 15.5 Å². The number of benzene rings is 1. The molecule has 5 nitrogen and oxygen atoms in total.